The van der Waals surface area contributed by atoms with Crippen LogP contribution in [0.2, 0.25) is 0 Å². The number of fused-ring (bicyclic) bond motifs is 2. The summed E-state index contributed by atoms with van der Waals surface area (Å²) >= 11 is 0. The Morgan fingerprint density at radius 2 is 1.95 bits per heavy atom. The van der Waals surface area contributed by atoms with Gasteiger partial charge in [-0.15, -0.1) is 0 Å². The van der Waals surface area contributed by atoms with E-state index in [9.17, 15) is 8.78 Å². The van der Waals surface area contributed by atoms with Crippen LogP contribution < -0.4 is 4.74 Å². The summed E-state index contributed by atoms with van der Waals surface area (Å²) in [5, 5.41) is 0. The second-order valence-corrected chi connectivity index (χ2v) is 4.79. The van der Waals surface area contributed by atoms with Gasteiger partial charge in [0.2, 0.25) is 0 Å². The molecule has 1 aliphatic heterocycles. The average Bonchev–Trinajstić information content (AvgIpc) is 3.04. The van der Waals surface area contributed by atoms with E-state index in [-0.39, 0.29) is 0 Å². The van der Waals surface area contributed by atoms with Crippen LogP contribution in [0.5, 0.6) is 5.75 Å². The number of aromatic nitrogens is 2. The van der Waals surface area contributed by atoms with E-state index in [2.05, 4.69) is 9.97 Å². The van der Waals surface area contributed by atoms with Crippen molar-refractivity contribution < 1.29 is 13.5 Å². The molecule has 1 aromatic heterocycles. The van der Waals surface area contributed by atoms with Crippen molar-refractivity contribution in [2.75, 3.05) is 6.61 Å². The number of nitrogens with zero attached hydrogens (tertiary/aromatic N) is 1. The minimum absolute atomic E-state index is 0.413. The number of aromatic amines is 1. The third-order valence-electron chi connectivity index (χ3n) is 3.49. The first kappa shape index (κ1) is 11.4. The Kier molecular flexibility index (Phi) is 2.30. The third kappa shape index (κ3) is 1.66. The molecule has 0 spiro atoms. The number of nitrogens with one attached hydrogen (secondary N) is 1. The zero-order valence-electron chi connectivity index (χ0n) is 10.4. The van der Waals surface area contributed by atoms with Gasteiger partial charge in [0.25, 0.3) is 0 Å². The monoisotopic (exact) mass is 272 g/mol. The van der Waals surface area contributed by atoms with Gasteiger partial charge in [-0.3, -0.25) is 0 Å². The van der Waals surface area contributed by atoms with Crippen molar-refractivity contribution >= 4 is 11.0 Å². The van der Waals surface area contributed by atoms with E-state index in [1.807, 2.05) is 18.2 Å². The zero-order chi connectivity index (χ0) is 13.7. The fourth-order valence-electron chi connectivity index (χ4n) is 2.48. The molecule has 0 saturated carbocycles. The molecule has 100 valence electrons. The third-order valence-corrected chi connectivity index (χ3v) is 3.49. The number of imidazole rings is 1. The van der Waals surface area contributed by atoms with Gasteiger partial charge >= 0.3 is 0 Å². The first-order chi connectivity index (χ1) is 9.70. The van der Waals surface area contributed by atoms with Crippen LogP contribution in [0, 0.1) is 11.6 Å². The highest BCUT2D eigenvalue weighted by molar-refractivity contribution is 5.79. The summed E-state index contributed by atoms with van der Waals surface area (Å²) < 4.78 is 31.8. The summed E-state index contributed by atoms with van der Waals surface area (Å²) in [4.78, 5) is 7.32. The van der Waals surface area contributed by atoms with Crippen LogP contribution in [0.25, 0.3) is 22.4 Å². The fourth-order valence-corrected chi connectivity index (χ4v) is 2.48. The minimum atomic E-state index is -0.891. The van der Waals surface area contributed by atoms with Gasteiger partial charge in [-0.25, -0.2) is 13.8 Å². The largest absolute Gasteiger partial charge is 0.493 e. The maximum atomic E-state index is 13.2. The molecule has 0 aliphatic carbocycles. The first-order valence-corrected chi connectivity index (χ1v) is 6.31. The molecule has 3 nitrogen and oxygen atoms in total. The Labute approximate surface area is 113 Å². The van der Waals surface area contributed by atoms with Crippen LogP contribution in [-0.4, -0.2) is 16.6 Å². The van der Waals surface area contributed by atoms with Crippen LogP contribution in [0.3, 0.4) is 0 Å². The minimum Gasteiger partial charge on any atom is -0.493 e. The predicted octanol–water partition coefficient (Wildman–Crippen LogP) is 3.44. The van der Waals surface area contributed by atoms with Gasteiger partial charge in [0.15, 0.2) is 11.6 Å². The molecule has 3 aromatic rings. The predicted molar refractivity (Wildman–Crippen MR) is 70.6 cm³/mol. The molecule has 2 heterocycles. The Hall–Kier alpha value is -2.43. The van der Waals surface area contributed by atoms with Crippen molar-refractivity contribution in [2.45, 2.75) is 6.42 Å². The molecule has 0 atom stereocenters. The van der Waals surface area contributed by atoms with E-state index in [0.29, 0.717) is 23.5 Å². The molecule has 20 heavy (non-hydrogen) atoms. The second kappa shape index (κ2) is 4.03. The summed E-state index contributed by atoms with van der Waals surface area (Å²) in [6.07, 6.45) is 0.868. The number of hydrogen-bond donors (Lipinski definition) is 1. The van der Waals surface area contributed by atoms with Gasteiger partial charge < -0.3 is 9.72 Å². The highest BCUT2D eigenvalue weighted by Gasteiger charge is 2.15. The maximum Gasteiger partial charge on any atom is 0.161 e. The molecule has 5 heteroatoms. The van der Waals surface area contributed by atoms with Crippen molar-refractivity contribution in [1.29, 1.82) is 0 Å². The van der Waals surface area contributed by atoms with Crippen molar-refractivity contribution in [3.63, 3.8) is 0 Å². The summed E-state index contributed by atoms with van der Waals surface area (Å²) in [5.41, 5.74) is 2.90. The average molecular weight is 272 g/mol. The van der Waals surface area contributed by atoms with Gasteiger partial charge in [-0.05, 0) is 23.8 Å². The van der Waals surface area contributed by atoms with Crippen LogP contribution in [-0.2, 0) is 6.42 Å². The SMILES string of the molecule is Fc1cc2nc(-c3ccc4c(c3)CCO4)[nH]c2cc1F. The molecule has 4 rings (SSSR count). The molecule has 0 radical (unpaired) electrons. The summed E-state index contributed by atoms with van der Waals surface area (Å²) in [7, 11) is 0. The highest BCUT2D eigenvalue weighted by atomic mass is 19.2. The van der Waals surface area contributed by atoms with Crippen LogP contribution >= 0.6 is 0 Å². The lowest BCUT2D eigenvalue weighted by atomic mass is 10.1. The summed E-state index contributed by atoms with van der Waals surface area (Å²) in [5.74, 6) is -0.283. The fraction of sp³-hybridized carbons (Fsp3) is 0.133. The van der Waals surface area contributed by atoms with Gasteiger partial charge in [-0.2, -0.15) is 0 Å². The molecule has 0 fully saturated rings. The number of hydrogen-bond acceptors (Lipinski definition) is 2. The van der Waals surface area contributed by atoms with E-state index in [1.165, 1.54) is 0 Å². The normalized spacial score (nSPS) is 13.5. The van der Waals surface area contributed by atoms with E-state index >= 15 is 0 Å². The van der Waals surface area contributed by atoms with Crippen molar-refractivity contribution in [2.24, 2.45) is 0 Å². The number of halogens is 2. The highest BCUT2D eigenvalue weighted by Crippen LogP contribution is 2.30. The molecular weight excluding hydrogens is 262 g/mol. The molecule has 0 bridgehead atoms. The Balaban J connectivity index is 1.86. The number of ether oxygens (including phenoxy) is 1. The van der Waals surface area contributed by atoms with Gasteiger partial charge in [-0.1, -0.05) is 0 Å². The second-order valence-electron chi connectivity index (χ2n) is 4.79. The lowest BCUT2D eigenvalue weighted by Crippen LogP contribution is -1.85. The van der Waals surface area contributed by atoms with E-state index in [4.69, 9.17) is 4.74 Å². The van der Waals surface area contributed by atoms with Crippen molar-refractivity contribution in [3.05, 3.63) is 47.5 Å². The Morgan fingerprint density at radius 3 is 2.85 bits per heavy atom. The zero-order valence-corrected chi connectivity index (χ0v) is 10.4. The molecule has 0 saturated heterocycles. The Morgan fingerprint density at radius 1 is 1.10 bits per heavy atom. The summed E-state index contributed by atoms with van der Waals surface area (Å²) in [6.45, 7) is 0.690. The van der Waals surface area contributed by atoms with E-state index < -0.39 is 11.6 Å². The lowest BCUT2D eigenvalue weighted by Gasteiger charge is -2.00. The van der Waals surface area contributed by atoms with E-state index in [0.717, 1.165) is 35.4 Å². The summed E-state index contributed by atoms with van der Waals surface area (Å²) in [6, 6.07) is 7.99. The number of benzene rings is 2. The van der Waals surface area contributed by atoms with E-state index in [1.54, 1.807) is 0 Å². The molecule has 0 amide bonds. The molecule has 1 aliphatic rings. The van der Waals surface area contributed by atoms with Gasteiger partial charge in [0.1, 0.15) is 11.6 Å². The number of rotatable bonds is 1. The van der Waals surface area contributed by atoms with Gasteiger partial charge in [0.05, 0.1) is 17.6 Å². The van der Waals surface area contributed by atoms with Crippen LogP contribution in [0.15, 0.2) is 30.3 Å². The molecular formula is C15H10F2N2O. The topological polar surface area (TPSA) is 37.9 Å². The maximum absolute atomic E-state index is 13.2. The van der Waals surface area contributed by atoms with Gasteiger partial charge in [0, 0.05) is 24.1 Å². The first-order valence-electron chi connectivity index (χ1n) is 6.31. The van der Waals surface area contributed by atoms with Crippen molar-refractivity contribution in [3.8, 4) is 17.1 Å². The smallest absolute Gasteiger partial charge is 0.161 e. The van der Waals surface area contributed by atoms with Crippen molar-refractivity contribution in [1.82, 2.24) is 9.97 Å². The standard InChI is InChI=1S/C15H10F2N2O/c16-10-6-12-13(7-11(10)17)19-15(18-12)9-1-2-14-8(5-9)3-4-20-14/h1-2,5-7H,3-4H2,(H,18,19). The molecule has 2 aromatic carbocycles. The number of H-pyrrole nitrogens is 1. The molecule has 1 N–H and O–H groups in total. The molecule has 0 unspecified atom stereocenters. The van der Waals surface area contributed by atoms with Crippen LogP contribution in [0.1, 0.15) is 5.56 Å². The van der Waals surface area contributed by atoms with Crippen LogP contribution in [0.4, 0.5) is 8.78 Å². The quantitative estimate of drug-likeness (QED) is 0.736. The lowest BCUT2D eigenvalue weighted by molar-refractivity contribution is 0.357. The Bertz CT molecular complexity index is 787.